The van der Waals surface area contributed by atoms with Crippen molar-refractivity contribution in [2.24, 2.45) is 0 Å². The quantitative estimate of drug-likeness (QED) is 0.692. The lowest BCUT2D eigenvalue weighted by molar-refractivity contribution is 0.102. The molecular formula is C15H16Br2N2O. The summed E-state index contributed by atoms with van der Waals surface area (Å²) in [4.78, 5) is 12.8. The molecule has 0 spiro atoms. The van der Waals surface area contributed by atoms with Crippen molar-refractivity contribution >= 4 is 37.6 Å². The Hall–Kier alpha value is -0.940. The van der Waals surface area contributed by atoms with Gasteiger partial charge in [0.2, 0.25) is 5.78 Å². The lowest BCUT2D eigenvalue weighted by Crippen LogP contribution is -2.14. The van der Waals surface area contributed by atoms with Crippen LogP contribution in [0.25, 0.3) is 0 Å². The molecule has 0 N–H and O–H groups in total. The number of hydrogen-bond donors (Lipinski definition) is 0. The Morgan fingerprint density at radius 2 is 1.75 bits per heavy atom. The van der Waals surface area contributed by atoms with Crippen molar-refractivity contribution < 1.29 is 4.79 Å². The van der Waals surface area contributed by atoms with Crippen molar-refractivity contribution in [3.63, 3.8) is 0 Å². The molecule has 1 heterocycles. The van der Waals surface area contributed by atoms with Crippen LogP contribution in [0.2, 0.25) is 0 Å². The fraction of sp³-hybridized carbons (Fsp3) is 0.333. The number of benzene rings is 1. The zero-order valence-corrected chi connectivity index (χ0v) is 15.0. The molecule has 20 heavy (non-hydrogen) atoms. The summed E-state index contributed by atoms with van der Waals surface area (Å²) >= 11 is 6.95. The number of halogens is 2. The molecule has 106 valence electrons. The smallest absolute Gasteiger partial charge is 0.212 e. The second-order valence-electron chi connectivity index (χ2n) is 5.13. The molecule has 2 rings (SSSR count). The number of carbonyl (C=O) groups is 1. The van der Waals surface area contributed by atoms with Crippen molar-refractivity contribution in [1.82, 2.24) is 9.78 Å². The van der Waals surface area contributed by atoms with E-state index in [0.29, 0.717) is 11.3 Å². The molecule has 3 nitrogen and oxygen atoms in total. The summed E-state index contributed by atoms with van der Waals surface area (Å²) < 4.78 is 3.53. The molecule has 0 fully saturated rings. The van der Waals surface area contributed by atoms with Crippen LogP contribution >= 0.6 is 31.9 Å². The number of aromatic nitrogens is 2. The van der Waals surface area contributed by atoms with E-state index < -0.39 is 0 Å². The summed E-state index contributed by atoms with van der Waals surface area (Å²) in [6.07, 6.45) is 1.67. The normalized spacial score (nSPS) is 11.2. The first kappa shape index (κ1) is 15.4. The molecule has 0 saturated heterocycles. The molecule has 0 aliphatic heterocycles. The number of rotatable bonds is 3. The Balaban J connectivity index is 2.55. The van der Waals surface area contributed by atoms with Crippen LogP contribution in [0.3, 0.4) is 0 Å². The lowest BCUT2D eigenvalue weighted by Gasteiger charge is -2.12. The largest absolute Gasteiger partial charge is 0.287 e. The molecule has 0 unspecified atom stereocenters. The van der Waals surface area contributed by atoms with Gasteiger partial charge in [-0.3, -0.25) is 9.48 Å². The van der Waals surface area contributed by atoms with E-state index in [1.807, 2.05) is 39.8 Å². The van der Waals surface area contributed by atoms with Crippen LogP contribution in [0, 0.1) is 13.8 Å². The van der Waals surface area contributed by atoms with Gasteiger partial charge in [0.05, 0.1) is 10.7 Å². The summed E-state index contributed by atoms with van der Waals surface area (Å²) in [7, 11) is 0. The molecule has 0 aliphatic carbocycles. The highest BCUT2D eigenvalue weighted by Crippen LogP contribution is 2.27. The number of nitrogens with zero attached hydrogens (tertiary/aromatic N) is 2. The Morgan fingerprint density at radius 3 is 2.25 bits per heavy atom. The van der Waals surface area contributed by atoms with Gasteiger partial charge in [-0.05, 0) is 66.9 Å². The zero-order valence-electron chi connectivity index (χ0n) is 11.9. The van der Waals surface area contributed by atoms with Gasteiger partial charge >= 0.3 is 0 Å². The Kier molecular flexibility index (Phi) is 4.49. The second kappa shape index (κ2) is 5.82. The highest BCUT2D eigenvalue weighted by Gasteiger charge is 2.21. The van der Waals surface area contributed by atoms with Crippen LogP contribution in [0.5, 0.6) is 0 Å². The van der Waals surface area contributed by atoms with Gasteiger partial charge in [0.25, 0.3) is 0 Å². The highest BCUT2D eigenvalue weighted by atomic mass is 79.9. The minimum Gasteiger partial charge on any atom is -0.287 e. The lowest BCUT2D eigenvalue weighted by atomic mass is 10.0. The Labute approximate surface area is 135 Å². The molecule has 0 aliphatic rings. The molecule has 0 radical (unpaired) electrons. The number of carbonyl (C=O) groups excluding carboxylic acids is 1. The third-order valence-corrected chi connectivity index (χ3v) is 4.98. The molecule has 0 saturated carbocycles. The van der Waals surface area contributed by atoms with Gasteiger partial charge in [-0.1, -0.05) is 15.9 Å². The van der Waals surface area contributed by atoms with Crippen LogP contribution in [0.15, 0.2) is 27.3 Å². The van der Waals surface area contributed by atoms with Crippen LogP contribution < -0.4 is 0 Å². The van der Waals surface area contributed by atoms with Crippen LogP contribution in [-0.4, -0.2) is 15.6 Å². The predicted molar refractivity (Wildman–Crippen MR) is 87.4 cm³/mol. The first-order chi connectivity index (χ1) is 9.32. The van der Waals surface area contributed by atoms with Crippen molar-refractivity contribution in [1.29, 1.82) is 0 Å². The van der Waals surface area contributed by atoms with Crippen molar-refractivity contribution in [3.8, 4) is 0 Å². The summed E-state index contributed by atoms with van der Waals surface area (Å²) in [6, 6.07) is 3.95. The number of aryl methyl sites for hydroxylation is 2. The van der Waals surface area contributed by atoms with Gasteiger partial charge in [-0.25, -0.2) is 0 Å². The van der Waals surface area contributed by atoms with Crippen molar-refractivity contribution in [2.75, 3.05) is 0 Å². The SMILES string of the molecule is Cc1cc(C(=O)c2c(Br)cnn2C(C)C)cc(C)c1Br. The van der Waals surface area contributed by atoms with E-state index in [1.165, 1.54) is 0 Å². The monoisotopic (exact) mass is 398 g/mol. The van der Waals surface area contributed by atoms with Gasteiger partial charge < -0.3 is 0 Å². The highest BCUT2D eigenvalue weighted by molar-refractivity contribution is 9.10. The average molecular weight is 400 g/mol. The first-order valence-corrected chi connectivity index (χ1v) is 7.96. The molecule has 5 heteroatoms. The molecule has 2 aromatic rings. The Bertz CT molecular complexity index is 652. The fourth-order valence-electron chi connectivity index (χ4n) is 2.16. The van der Waals surface area contributed by atoms with E-state index >= 15 is 0 Å². The van der Waals surface area contributed by atoms with Crippen molar-refractivity contribution in [2.45, 2.75) is 33.7 Å². The third-order valence-electron chi connectivity index (χ3n) is 3.15. The summed E-state index contributed by atoms with van der Waals surface area (Å²) in [6.45, 7) is 7.99. The van der Waals surface area contributed by atoms with Gasteiger partial charge in [0.1, 0.15) is 5.69 Å². The molecular weight excluding hydrogens is 384 g/mol. The standard InChI is InChI=1S/C15H16Br2N2O/c1-8(2)19-14(12(16)7-18-19)15(20)11-5-9(3)13(17)10(4)6-11/h5-8H,1-4H3. The third kappa shape index (κ3) is 2.74. The number of hydrogen-bond acceptors (Lipinski definition) is 2. The summed E-state index contributed by atoms with van der Waals surface area (Å²) in [5, 5.41) is 4.26. The van der Waals surface area contributed by atoms with Crippen molar-refractivity contribution in [3.05, 3.63) is 49.7 Å². The first-order valence-electron chi connectivity index (χ1n) is 6.37. The molecule has 0 amide bonds. The van der Waals surface area contributed by atoms with Crippen LogP contribution in [-0.2, 0) is 0 Å². The molecule has 0 bridgehead atoms. The minimum atomic E-state index is -0.0122. The number of ketones is 1. The van der Waals surface area contributed by atoms with Gasteiger partial charge in [0, 0.05) is 16.1 Å². The maximum atomic E-state index is 12.8. The molecule has 1 aromatic heterocycles. The van der Waals surface area contributed by atoms with E-state index in [2.05, 4.69) is 37.0 Å². The molecule has 1 aromatic carbocycles. The fourth-order valence-corrected chi connectivity index (χ4v) is 2.84. The van der Waals surface area contributed by atoms with Gasteiger partial charge in [0.15, 0.2) is 0 Å². The summed E-state index contributed by atoms with van der Waals surface area (Å²) in [5.74, 6) is -0.0122. The summed E-state index contributed by atoms with van der Waals surface area (Å²) in [5.41, 5.74) is 3.40. The average Bonchev–Trinajstić information content (AvgIpc) is 2.76. The van der Waals surface area contributed by atoms with Crippen LogP contribution in [0.1, 0.15) is 47.1 Å². The molecule has 0 atom stereocenters. The zero-order chi connectivity index (χ0) is 15.0. The topological polar surface area (TPSA) is 34.9 Å². The van der Waals surface area contributed by atoms with Gasteiger partial charge in [-0.15, -0.1) is 0 Å². The second-order valence-corrected chi connectivity index (χ2v) is 6.78. The van der Waals surface area contributed by atoms with E-state index in [0.717, 1.165) is 20.1 Å². The van der Waals surface area contributed by atoms with E-state index in [-0.39, 0.29) is 11.8 Å². The maximum absolute atomic E-state index is 12.8. The Morgan fingerprint density at radius 1 is 1.20 bits per heavy atom. The van der Waals surface area contributed by atoms with E-state index in [9.17, 15) is 4.79 Å². The van der Waals surface area contributed by atoms with E-state index in [4.69, 9.17) is 0 Å². The van der Waals surface area contributed by atoms with E-state index in [1.54, 1.807) is 10.9 Å². The minimum absolute atomic E-state index is 0.0122. The van der Waals surface area contributed by atoms with Gasteiger partial charge in [-0.2, -0.15) is 5.10 Å². The maximum Gasteiger partial charge on any atom is 0.212 e. The van der Waals surface area contributed by atoms with Crippen LogP contribution in [0.4, 0.5) is 0 Å². The predicted octanol–water partition coefficient (Wildman–Crippen LogP) is 4.84.